The van der Waals surface area contributed by atoms with E-state index in [-0.39, 0.29) is 11.9 Å². The van der Waals surface area contributed by atoms with Crippen molar-refractivity contribution >= 4 is 0 Å². The van der Waals surface area contributed by atoms with Crippen molar-refractivity contribution in [2.45, 2.75) is 45.8 Å². The van der Waals surface area contributed by atoms with Crippen molar-refractivity contribution in [3.05, 3.63) is 47.0 Å². The molecule has 4 heteroatoms. The summed E-state index contributed by atoms with van der Waals surface area (Å²) < 4.78 is 11.9. The van der Waals surface area contributed by atoms with Crippen LogP contribution in [0.2, 0.25) is 0 Å². The summed E-state index contributed by atoms with van der Waals surface area (Å²) in [5.41, 5.74) is 1.97. The number of phenols is 1. The normalized spacial score (nSPS) is 16.8. The Morgan fingerprint density at radius 3 is 2.43 bits per heavy atom. The second-order valence-corrected chi connectivity index (χ2v) is 6.81. The van der Waals surface area contributed by atoms with Gasteiger partial charge in [0.15, 0.2) is 0 Å². The highest BCUT2D eigenvalue weighted by atomic mass is 16.5. The maximum Gasteiger partial charge on any atom is 0.134 e. The van der Waals surface area contributed by atoms with Crippen molar-refractivity contribution in [3.63, 3.8) is 0 Å². The summed E-state index contributed by atoms with van der Waals surface area (Å²) in [5.74, 6) is 2.22. The van der Waals surface area contributed by atoms with Crippen LogP contribution < -0.4 is 9.47 Å². The van der Waals surface area contributed by atoms with E-state index in [1.807, 2.05) is 32.0 Å². The quantitative estimate of drug-likeness (QED) is 0.903. The lowest BCUT2D eigenvalue weighted by Gasteiger charge is -2.24. The van der Waals surface area contributed by atoms with E-state index in [9.17, 15) is 10.2 Å². The minimum atomic E-state index is -0.925. The average Bonchev–Trinajstić information content (AvgIpc) is 2.81. The van der Waals surface area contributed by atoms with Crippen LogP contribution >= 0.6 is 0 Å². The van der Waals surface area contributed by atoms with Gasteiger partial charge in [-0.1, -0.05) is 0 Å². The van der Waals surface area contributed by atoms with Gasteiger partial charge in [0.25, 0.3) is 0 Å². The van der Waals surface area contributed by atoms with Crippen LogP contribution in [0.1, 0.15) is 30.5 Å². The van der Waals surface area contributed by atoms with Gasteiger partial charge in [0.2, 0.25) is 0 Å². The molecule has 4 nitrogen and oxygen atoms in total. The molecule has 2 aromatic rings. The minimum absolute atomic E-state index is 0.176. The molecule has 0 bridgehead atoms. The minimum Gasteiger partial charge on any atom is -0.508 e. The SMILES string of the molecule is Cc1cc(O)cc(Oc2cc(C)cc3c2CC(C(C)(C)O)O3)c1. The second kappa shape index (κ2) is 5.46. The monoisotopic (exact) mass is 314 g/mol. The van der Waals surface area contributed by atoms with Crippen molar-refractivity contribution in [1.29, 1.82) is 0 Å². The van der Waals surface area contributed by atoms with Gasteiger partial charge in [-0.3, -0.25) is 0 Å². The predicted octanol–water partition coefficient (Wildman–Crippen LogP) is 3.88. The first-order valence-electron chi connectivity index (χ1n) is 7.73. The van der Waals surface area contributed by atoms with Crippen LogP contribution in [0.3, 0.4) is 0 Å². The molecule has 0 aliphatic carbocycles. The highest BCUT2D eigenvalue weighted by molar-refractivity contribution is 5.52. The number of ether oxygens (including phenoxy) is 2. The fourth-order valence-corrected chi connectivity index (χ4v) is 2.84. The Morgan fingerprint density at radius 1 is 1.09 bits per heavy atom. The van der Waals surface area contributed by atoms with Crippen LogP contribution in [0.5, 0.6) is 23.0 Å². The van der Waals surface area contributed by atoms with E-state index >= 15 is 0 Å². The van der Waals surface area contributed by atoms with E-state index in [0.29, 0.717) is 17.9 Å². The van der Waals surface area contributed by atoms with Gasteiger partial charge in [0.1, 0.15) is 29.1 Å². The number of aliphatic hydroxyl groups is 1. The molecule has 0 fully saturated rings. The van der Waals surface area contributed by atoms with Gasteiger partial charge >= 0.3 is 0 Å². The molecule has 0 spiro atoms. The van der Waals surface area contributed by atoms with Crippen LogP contribution in [0.25, 0.3) is 0 Å². The van der Waals surface area contributed by atoms with E-state index in [0.717, 1.165) is 22.4 Å². The molecule has 0 saturated carbocycles. The summed E-state index contributed by atoms with van der Waals surface area (Å²) in [5, 5.41) is 19.9. The number of fused-ring (bicyclic) bond motifs is 1. The van der Waals surface area contributed by atoms with E-state index in [1.54, 1.807) is 26.0 Å². The second-order valence-electron chi connectivity index (χ2n) is 6.81. The van der Waals surface area contributed by atoms with Gasteiger partial charge in [-0.05, 0) is 63.1 Å². The first-order chi connectivity index (χ1) is 10.7. The van der Waals surface area contributed by atoms with Gasteiger partial charge in [-0.25, -0.2) is 0 Å². The molecule has 1 atom stereocenters. The zero-order chi connectivity index (χ0) is 16.8. The summed E-state index contributed by atoms with van der Waals surface area (Å²) in [6, 6.07) is 9.06. The molecule has 1 aliphatic heterocycles. The lowest BCUT2D eigenvalue weighted by Crippen LogP contribution is -2.39. The molecule has 3 rings (SSSR count). The number of hydrogen-bond donors (Lipinski definition) is 2. The first kappa shape index (κ1) is 15.7. The third-order valence-electron chi connectivity index (χ3n) is 4.02. The number of benzene rings is 2. The standard InChI is InChI=1S/C19H22O4/c1-11-5-13(20)9-14(6-11)22-16-7-12(2)8-17-15(16)10-18(23-17)19(3,4)21/h5-9,18,20-21H,10H2,1-4H3. The van der Waals surface area contributed by atoms with Gasteiger partial charge in [0.05, 0.1) is 5.60 Å². The molecule has 1 unspecified atom stereocenters. The van der Waals surface area contributed by atoms with Crippen molar-refractivity contribution in [3.8, 4) is 23.0 Å². The molecule has 2 N–H and O–H groups in total. The number of aryl methyl sites for hydroxylation is 2. The van der Waals surface area contributed by atoms with Crippen LogP contribution in [0.4, 0.5) is 0 Å². The Labute approximate surface area is 136 Å². The molecular weight excluding hydrogens is 292 g/mol. The molecule has 0 aromatic heterocycles. The summed E-state index contributed by atoms with van der Waals surface area (Å²) in [6.45, 7) is 7.37. The lowest BCUT2D eigenvalue weighted by molar-refractivity contribution is -0.0229. The van der Waals surface area contributed by atoms with E-state index < -0.39 is 5.60 Å². The molecule has 1 heterocycles. The molecule has 0 amide bonds. The van der Waals surface area contributed by atoms with Crippen LogP contribution in [0, 0.1) is 13.8 Å². The largest absolute Gasteiger partial charge is 0.508 e. The summed E-state index contributed by atoms with van der Waals surface area (Å²) in [6.07, 6.45) is 0.291. The number of hydrogen-bond acceptors (Lipinski definition) is 4. The molecule has 122 valence electrons. The summed E-state index contributed by atoms with van der Waals surface area (Å²) in [4.78, 5) is 0. The molecule has 23 heavy (non-hydrogen) atoms. The Balaban J connectivity index is 1.96. The van der Waals surface area contributed by atoms with Crippen LogP contribution in [-0.4, -0.2) is 21.9 Å². The van der Waals surface area contributed by atoms with Crippen molar-refractivity contribution in [2.24, 2.45) is 0 Å². The smallest absolute Gasteiger partial charge is 0.134 e. The lowest BCUT2D eigenvalue weighted by atomic mass is 9.96. The predicted molar refractivity (Wildman–Crippen MR) is 88.5 cm³/mol. The molecular formula is C19H22O4. The third-order valence-corrected chi connectivity index (χ3v) is 4.02. The Morgan fingerprint density at radius 2 is 1.78 bits per heavy atom. The highest BCUT2D eigenvalue weighted by Crippen LogP contribution is 2.41. The van der Waals surface area contributed by atoms with Crippen molar-refractivity contribution in [2.75, 3.05) is 0 Å². The van der Waals surface area contributed by atoms with Crippen LogP contribution in [0.15, 0.2) is 30.3 Å². The van der Waals surface area contributed by atoms with Crippen molar-refractivity contribution < 1.29 is 19.7 Å². The van der Waals surface area contributed by atoms with Crippen LogP contribution in [-0.2, 0) is 6.42 Å². The first-order valence-corrected chi connectivity index (χ1v) is 7.73. The van der Waals surface area contributed by atoms with Gasteiger partial charge in [0, 0.05) is 18.1 Å². The number of phenolic OH excluding ortho intramolecular Hbond substituents is 1. The highest BCUT2D eigenvalue weighted by Gasteiger charge is 2.36. The topological polar surface area (TPSA) is 58.9 Å². The Hall–Kier alpha value is -2.20. The summed E-state index contributed by atoms with van der Waals surface area (Å²) >= 11 is 0. The fraction of sp³-hybridized carbons (Fsp3) is 0.368. The molecule has 0 saturated heterocycles. The average molecular weight is 314 g/mol. The molecule has 0 radical (unpaired) electrons. The number of rotatable bonds is 3. The number of aromatic hydroxyl groups is 1. The Kier molecular flexibility index (Phi) is 3.72. The van der Waals surface area contributed by atoms with Crippen molar-refractivity contribution in [1.82, 2.24) is 0 Å². The van der Waals surface area contributed by atoms with E-state index in [1.165, 1.54) is 0 Å². The van der Waals surface area contributed by atoms with E-state index in [4.69, 9.17) is 9.47 Å². The van der Waals surface area contributed by atoms with Gasteiger partial charge in [-0.2, -0.15) is 0 Å². The zero-order valence-electron chi connectivity index (χ0n) is 13.9. The summed E-state index contributed by atoms with van der Waals surface area (Å²) in [7, 11) is 0. The van der Waals surface area contributed by atoms with Gasteiger partial charge in [-0.15, -0.1) is 0 Å². The van der Waals surface area contributed by atoms with Gasteiger partial charge < -0.3 is 19.7 Å². The zero-order valence-corrected chi connectivity index (χ0v) is 13.9. The molecule has 1 aliphatic rings. The molecule has 2 aromatic carbocycles. The fourth-order valence-electron chi connectivity index (χ4n) is 2.84. The third kappa shape index (κ3) is 3.27. The van der Waals surface area contributed by atoms with E-state index in [2.05, 4.69) is 0 Å². The maximum atomic E-state index is 10.2. The Bertz CT molecular complexity index is 724. The maximum absolute atomic E-state index is 10.2.